The van der Waals surface area contributed by atoms with Gasteiger partial charge in [-0.3, -0.25) is 5.32 Å². The number of carbonyl (C=O) groups is 1. The van der Waals surface area contributed by atoms with E-state index in [4.69, 9.17) is 28.3 Å². The molecule has 1 aromatic carbocycles. The zero-order valence-electron chi connectivity index (χ0n) is 10.7. The molecule has 0 atom stereocenters. The third-order valence-corrected chi connectivity index (χ3v) is 3.32. The predicted molar refractivity (Wildman–Crippen MR) is 85.2 cm³/mol. The Bertz CT molecular complexity index is 684. The first kappa shape index (κ1) is 15.7. The van der Waals surface area contributed by atoms with E-state index >= 15 is 0 Å². The number of anilines is 3. The Morgan fingerprint density at radius 1 is 1.24 bits per heavy atom. The molecule has 0 aliphatic heterocycles. The van der Waals surface area contributed by atoms with Crippen molar-refractivity contribution in [1.82, 2.24) is 9.97 Å². The average molecular weight is 345 g/mol. The average Bonchev–Trinajstić information content (AvgIpc) is 2.40. The Hall–Kier alpha value is -1.70. The Labute approximate surface area is 134 Å². The Balaban J connectivity index is 2.36. The van der Waals surface area contributed by atoms with E-state index in [0.717, 1.165) is 0 Å². The molecular formula is C12H10Cl2N4O2S. The summed E-state index contributed by atoms with van der Waals surface area (Å²) in [5.41, 5.74) is 0.819. The summed E-state index contributed by atoms with van der Waals surface area (Å²) >= 11 is 13.2. The monoisotopic (exact) mass is 344 g/mol. The van der Waals surface area contributed by atoms with Crippen molar-refractivity contribution in [3.05, 3.63) is 34.4 Å². The van der Waals surface area contributed by atoms with Crippen LogP contribution in [0.3, 0.4) is 0 Å². The van der Waals surface area contributed by atoms with Gasteiger partial charge in [0, 0.05) is 11.1 Å². The first-order valence-corrected chi connectivity index (χ1v) is 7.61. The maximum absolute atomic E-state index is 10.8. The summed E-state index contributed by atoms with van der Waals surface area (Å²) in [6, 6.07) is 6.25. The quantitative estimate of drug-likeness (QED) is 0.434. The van der Waals surface area contributed by atoms with Crippen LogP contribution in [0.5, 0.6) is 0 Å². The molecule has 21 heavy (non-hydrogen) atoms. The van der Waals surface area contributed by atoms with Crippen molar-refractivity contribution in [2.75, 3.05) is 16.9 Å². The summed E-state index contributed by atoms with van der Waals surface area (Å²) < 4.78 is 0. The lowest BCUT2D eigenvalue weighted by Crippen LogP contribution is -2.09. The van der Waals surface area contributed by atoms with Gasteiger partial charge < -0.3 is 10.4 Å². The van der Waals surface area contributed by atoms with Crippen LogP contribution in [0.15, 0.2) is 29.4 Å². The molecule has 110 valence electrons. The molecule has 9 heteroatoms. The molecule has 1 aromatic heterocycles. The third kappa shape index (κ3) is 4.38. The van der Waals surface area contributed by atoms with Crippen molar-refractivity contribution in [2.45, 2.75) is 5.16 Å². The molecule has 0 saturated carbocycles. The van der Waals surface area contributed by atoms with Crippen molar-refractivity contribution in [3.63, 3.8) is 0 Å². The highest BCUT2D eigenvalue weighted by molar-refractivity contribution is 7.98. The number of hydrogen-bond donors (Lipinski definition) is 3. The molecule has 0 aliphatic carbocycles. The summed E-state index contributed by atoms with van der Waals surface area (Å²) in [6.45, 7) is 0. The van der Waals surface area contributed by atoms with Gasteiger partial charge in [0.1, 0.15) is 11.0 Å². The van der Waals surface area contributed by atoms with Gasteiger partial charge in [0.15, 0.2) is 5.16 Å². The van der Waals surface area contributed by atoms with Crippen LogP contribution in [0.1, 0.15) is 0 Å². The molecule has 0 aliphatic rings. The Kier molecular flexibility index (Phi) is 5.11. The molecule has 1 amide bonds. The normalized spacial score (nSPS) is 10.2. The number of nitrogens with one attached hydrogen (secondary N) is 2. The minimum atomic E-state index is -1.18. The third-order valence-electron chi connectivity index (χ3n) is 2.34. The molecule has 0 unspecified atom stereocenters. The van der Waals surface area contributed by atoms with Crippen molar-refractivity contribution in [3.8, 4) is 0 Å². The summed E-state index contributed by atoms with van der Waals surface area (Å²) in [4.78, 5) is 19.0. The fraction of sp³-hybridized carbons (Fsp3) is 0.0833. The zero-order valence-corrected chi connectivity index (χ0v) is 13.1. The highest BCUT2D eigenvalue weighted by Gasteiger charge is 2.09. The van der Waals surface area contributed by atoms with E-state index in [2.05, 4.69) is 20.6 Å². The van der Waals surface area contributed by atoms with Crippen LogP contribution in [0.2, 0.25) is 10.2 Å². The van der Waals surface area contributed by atoms with Crippen LogP contribution in [0, 0.1) is 0 Å². The van der Waals surface area contributed by atoms with E-state index in [1.165, 1.54) is 17.8 Å². The van der Waals surface area contributed by atoms with Crippen molar-refractivity contribution < 1.29 is 9.90 Å². The molecule has 0 spiro atoms. The number of amides is 1. The minimum absolute atomic E-state index is 0.284. The van der Waals surface area contributed by atoms with E-state index < -0.39 is 6.09 Å². The number of aromatic nitrogens is 2. The molecular weight excluding hydrogens is 335 g/mol. The number of benzene rings is 1. The maximum atomic E-state index is 10.8. The molecule has 0 bridgehead atoms. The van der Waals surface area contributed by atoms with Crippen LogP contribution in [-0.4, -0.2) is 27.4 Å². The number of halogens is 2. The second kappa shape index (κ2) is 6.84. The highest BCUT2D eigenvalue weighted by atomic mass is 35.5. The van der Waals surface area contributed by atoms with E-state index in [1.54, 1.807) is 18.2 Å². The van der Waals surface area contributed by atoms with Gasteiger partial charge >= 0.3 is 6.09 Å². The molecule has 1 heterocycles. The predicted octanol–water partition coefficient (Wildman–Crippen LogP) is 4.34. The zero-order chi connectivity index (χ0) is 15.4. The second-order valence-electron chi connectivity index (χ2n) is 3.81. The lowest BCUT2D eigenvalue weighted by molar-refractivity contribution is 0.210. The lowest BCUT2D eigenvalue weighted by Gasteiger charge is -2.12. The molecule has 3 N–H and O–H groups in total. The van der Waals surface area contributed by atoms with Gasteiger partial charge in [0.25, 0.3) is 0 Å². The summed E-state index contributed by atoms with van der Waals surface area (Å²) in [6.07, 6.45) is 0.651. The van der Waals surface area contributed by atoms with Gasteiger partial charge in [0.05, 0.1) is 11.4 Å². The molecule has 2 rings (SSSR count). The van der Waals surface area contributed by atoms with Gasteiger partial charge in [0.2, 0.25) is 0 Å². The molecule has 2 aromatic rings. The smallest absolute Gasteiger partial charge is 0.409 e. The number of thioether (sulfide) groups is 1. The van der Waals surface area contributed by atoms with Crippen LogP contribution >= 0.6 is 35.0 Å². The molecule has 0 fully saturated rings. The SMILES string of the molecule is CSc1nc(Cl)cc(Nc2cc(Cl)ccc2NC(=O)O)n1. The van der Waals surface area contributed by atoms with E-state index in [9.17, 15) is 4.79 Å². The van der Waals surface area contributed by atoms with E-state index in [1.807, 2.05) is 6.26 Å². The summed E-state index contributed by atoms with van der Waals surface area (Å²) in [5.74, 6) is 0.440. The topological polar surface area (TPSA) is 87.1 Å². The lowest BCUT2D eigenvalue weighted by atomic mass is 10.2. The van der Waals surface area contributed by atoms with Gasteiger partial charge in [-0.2, -0.15) is 0 Å². The van der Waals surface area contributed by atoms with E-state index in [0.29, 0.717) is 27.4 Å². The first-order valence-electron chi connectivity index (χ1n) is 5.63. The van der Waals surface area contributed by atoms with Crippen molar-refractivity contribution in [1.29, 1.82) is 0 Å². The Morgan fingerprint density at radius 3 is 2.67 bits per heavy atom. The number of hydrogen-bond acceptors (Lipinski definition) is 5. The summed E-state index contributed by atoms with van der Waals surface area (Å²) in [7, 11) is 0. The summed E-state index contributed by atoms with van der Waals surface area (Å²) in [5, 5.41) is 15.3. The standard InChI is InChI=1S/C12H10Cl2N4O2S/c1-21-11-17-9(14)5-10(18-11)15-8-4-6(13)2-3-7(8)16-12(19)20/h2-5,16H,1H3,(H,19,20)(H,15,17,18). The number of carboxylic acid groups (broad SMARTS) is 1. The molecule has 0 saturated heterocycles. The van der Waals surface area contributed by atoms with Crippen LogP contribution in [-0.2, 0) is 0 Å². The van der Waals surface area contributed by atoms with E-state index in [-0.39, 0.29) is 5.15 Å². The van der Waals surface area contributed by atoms with Gasteiger partial charge in [-0.05, 0) is 24.5 Å². The van der Waals surface area contributed by atoms with Gasteiger partial charge in [-0.15, -0.1) is 0 Å². The van der Waals surface area contributed by atoms with Crippen LogP contribution < -0.4 is 10.6 Å². The highest BCUT2D eigenvalue weighted by Crippen LogP contribution is 2.29. The van der Waals surface area contributed by atoms with Crippen molar-refractivity contribution in [2.24, 2.45) is 0 Å². The first-order chi connectivity index (χ1) is 9.97. The molecule has 0 radical (unpaired) electrons. The fourth-order valence-corrected chi connectivity index (χ4v) is 2.32. The Morgan fingerprint density at radius 2 is 2.00 bits per heavy atom. The maximum Gasteiger partial charge on any atom is 0.409 e. The van der Waals surface area contributed by atoms with Crippen LogP contribution in [0.4, 0.5) is 22.0 Å². The largest absolute Gasteiger partial charge is 0.465 e. The van der Waals surface area contributed by atoms with Gasteiger partial charge in [-0.1, -0.05) is 35.0 Å². The minimum Gasteiger partial charge on any atom is -0.465 e. The fourth-order valence-electron chi connectivity index (χ4n) is 1.53. The molecule has 6 nitrogen and oxygen atoms in total. The second-order valence-corrected chi connectivity index (χ2v) is 5.40. The van der Waals surface area contributed by atoms with Crippen LogP contribution in [0.25, 0.3) is 0 Å². The van der Waals surface area contributed by atoms with Crippen molar-refractivity contribution >= 4 is 58.2 Å². The number of rotatable bonds is 4. The van der Waals surface area contributed by atoms with Gasteiger partial charge in [-0.25, -0.2) is 14.8 Å². The number of nitrogens with zero attached hydrogens (tertiary/aromatic N) is 2.